The number of ether oxygens (including phenoxy) is 1. The number of aliphatic hydroxyl groups excluding tert-OH is 1. The van der Waals surface area contributed by atoms with Crippen LogP contribution >= 0.6 is 0 Å². The quantitative estimate of drug-likeness (QED) is 0.610. The van der Waals surface area contributed by atoms with Gasteiger partial charge in [0.2, 0.25) is 0 Å². The molecule has 0 radical (unpaired) electrons. The van der Waals surface area contributed by atoms with Gasteiger partial charge in [0.05, 0.1) is 11.7 Å². The monoisotopic (exact) mass is 262 g/mol. The van der Waals surface area contributed by atoms with Crippen molar-refractivity contribution >= 4 is 0 Å². The molecule has 1 aromatic rings. The summed E-state index contributed by atoms with van der Waals surface area (Å²) in [4.78, 5) is 0. The second kappa shape index (κ2) is 6.33. The third-order valence-corrected chi connectivity index (χ3v) is 3.80. The van der Waals surface area contributed by atoms with Gasteiger partial charge in [0.15, 0.2) is 0 Å². The van der Waals surface area contributed by atoms with Gasteiger partial charge in [-0.2, -0.15) is 0 Å². The van der Waals surface area contributed by atoms with Crippen LogP contribution in [0.1, 0.15) is 30.7 Å². The lowest BCUT2D eigenvalue weighted by molar-refractivity contribution is 0.0220. The first kappa shape index (κ1) is 14.3. The summed E-state index contributed by atoms with van der Waals surface area (Å²) in [5.41, 5.74) is 0.0309. The number of unbranched alkanes of at least 4 members (excludes halogenated alkanes) is 1. The fourth-order valence-corrected chi connectivity index (χ4v) is 2.82. The van der Waals surface area contributed by atoms with Crippen LogP contribution in [0.2, 0.25) is 0 Å². The minimum atomic E-state index is -0.950. The topological polar surface area (TPSA) is 49.7 Å². The molecule has 2 rings (SSSR count). The number of benzene rings is 1. The molecule has 2 N–H and O–H groups in total. The zero-order valence-electron chi connectivity index (χ0n) is 11.3. The third kappa shape index (κ3) is 3.24. The summed E-state index contributed by atoms with van der Waals surface area (Å²) in [5, 5.41) is 20.9. The minimum absolute atomic E-state index is 0.267. The van der Waals surface area contributed by atoms with Crippen molar-refractivity contribution in [3.63, 3.8) is 0 Å². The zero-order valence-corrected chi connectivity index (χ0v) is 11.3. The van der Waals surface area contributed by atoms with Crippen LogP contribution in [-0.4, -0.2) is 35.6 Å². The van der Waals surface area contributed by atoms with Gasteiger partial charge in [-0.25, -0.2) is 0 Å². The number of rotatable bonds is 6. The van der Waals surface area contributed by atoms with Crippen LogP contribution in [0.4, 0.5) is 0 Å². The summed E-state index contributed by atoms with van der Waals surface area (Å²) < 4.78 is 5.02. The van der Waals surface area contributed by atoms with Crippen LogP contribution in [0.3, 0.4) is 0 Å². The highest BCUT2D eigenvalue weighted by Gasteiger charge is 2.42. The van der Waals surface area contributed by atoms with E-state index in [1.165, 1.54) is 0 Å². The Morgan fingerprint density at radius 1 is 1.21 bits per heavy atom. The number of aliphatic hydroxyl groups is 2. The molecule has 0 unspecified atom stereocenters. The average molecular weight is 262 g/mol. The first-order valence-corrected chi connectivity index (χ1v) is 6.81. The molecule has 0 fully saturated rings. The zero-order chi connectivity index (χ0) is 13.7. The van der Waals surface area contributed by atoms with Crippen molar-refractivity contribution in [3.05, 3.63) is 48.0 Å². The van der Waals surface area contributed by atoms with Gasteiger partial charge in [0.1, 0.15) is 0 Å². The number of hydrogen-bond acceptors (Lipinski definition) is 3. The molecule has 3 atom stereocenters. The maximum absolute atomic E-state index is 10.8. The average Bonchev–Trinajstić information content (AvgIpc) is 2.72. The second-order valence-electron chi connectivity index (χ2n) is 5.18. The second-order valence-corrected chi connectivity index (χ2v) is 5.18. The van der Waals surface area contributed by atoms with Crippen molar-refractivity contribution < 1.29 is 14.9 Å². The van der Waals surface area contributed by atoms with Crippen molar-refractivity contribution in [1.82, 2.24) is 0 Å². The highest BCUT2D eigenvalue weighted by molar-refractivity contribution is 5.33. The van der Waals surface area contributed by atoms with Gasteiger partial charge >= 0.3 is 0 Å². The Morgan fingerprint density at radius 2 is 1.95 bits per heavy atom. The summed E-state index contributed by atoms with van der Waals surface area (Å²) in [6.45, 7) is 0.707. The third-order valence-electron chi connectivity index (χ3n) is 3.80. The smallest absolute Gasteiger partial charge is 0.0924 e. The Kier molecular flexibility index (Phi) is 4.75. The first-order chi connectivity index (χ1) is 9.17. The Balaban J connectivity index is 2.07. The molecular weight excluding hydrogens is 240 g/mol. The van der Waals surface area contributed by atoms with E-state index in [4.69, 9.17) is 4.74 Å². The Labute approximate surface area is 114 Å². The van der Waals surface area contributed by atoms with Crippen molar-refractivity contribution in [2.45, 2.75) is 36.9 Å². The van der Waals surface area contributed by atoms with Gasteiger partial charge in [-0.3, -0.25) is 0 Å². The largest absolute Gasteiger partial charge is 0.388 e. The predicted molar refractivity (Wildman–Crippen MR) is 75.0 cm³/mol. The lowest BCUT2D eigenvalue weighted by Gasteiger charge is -2.31. The molecule has 0 heterocycles. The fraction of sp³-hybridized carbons (Fsp3) is 0.500. The van der Waals surface area contributed by atoms with Crippen LogP contribution in [0.25, 0.3) is 0 Å². The normalized spacial score (nSPS) is 29.8. The van der Waals surface area contributed by atoms with E-state index < -0.39 is 11.7 Å². The number of methoxy groups -OCH3 is 1. The van der Waals surface area contributed by atoms with Gasteiger partial charge in [0.25, 0.3) is 0 Å². The highest BCUT2D eigenvalue weighted by atomic mass is 16.5. The van der Waals surface area contributed by atoms with Crippen molar-refractivity contribution in [1.29, 1.82) is 0 Å². The van der Waals surface area contributed by atoms with E-state index in [9.17, 15) is 10.2 Å². The summed E-state index contributed by atoms with van der Waals surface area (Å²) in [6, 6.07) is 9.73. The summed E-state index contributed by atoms with van der Waals surface area (Å²) in [6.07, 6.45) is 5.28. The SMILES string of the molecule is COCCCC[C@@]1(O)C=C[C@@H](O)[C@@H]1c1ccccc1. The van der Waals surface area contributed by atoms with Gasteiger partial charge in [-0.05, 0) is 24.8 Å². The van der Waals surface area contributed by atoms with Gasteiger partial charge in [-0.1, -0.05) is 42.5 Å². The van der Waals surface area contributed by atoms with Crippen molar-refractivity contribution in [2.24, 2.45) is 0 Å². The van der Waals surface area contributed by atoms with E-state index in [1.54, 1.807) is 19.3 Å². The Hall–Kier alpha value is -1.16. The summed E-state index contributed by atoms with van der Waals surface area (Å²) >= 11 is 0. The van der Waals surface area contributed by atoms with Crippen molar-refractivity contribution in [2.75, 3.05) is 13.7 Å². The highest BCUT2D eigenvalue weighted by Crippen LogP contribution is 2.41. The molecular formula is C16H22O3. The lowest BCUT2D eigenvalue weighted by Crippen LogP contribution is -2.35. The van der Waals surface area contributed by atoms with E-state index in [0.717, 1.165) is 18.4 Å². The lowest BCUT2D eigenvalue weighted by atomic mass is 9.80. The van der Waals surface area contributed by atoms with E-state index in [2.05, 4.69) is 0 Å². The molecule has 0 bridgehead atoms. The fourth-order valence-electron chi connectivity index (χ4n) is 2.82. The van der Waals surface area contributed by atoms with Crippen LogP contribution in [0.5, 0.6) is 0 Å². The minimum Gasteiger partial charge on any atom is -0.388 e. The molecule has 0 aliphatic heterocycles. The van der Waals surface area contributed by atoms with Gasteiger partial charge in [0, 0.05) is 19.6 Å². The van der Waals surface area contributed by atoms with Gasteiger partial charge in [-0.15, -0.1) is 0 Å². The molecule has 3 nitrogen and oxygen atoms in total. The molecule has 0 spiro atoms. The van der Waals surface area contributed by atoms with E-state index >= 15 is 0 Å². The van der Waals surface area contributed by atoms with Crippen LogP contribution in [0, 0.1) is 0 Å². The molecule has 104 valence electrons. The standard InChI is InChI=1S/C16H22O3/c1-19-12-6-5-10-16(18)11-9-14(17)15(16)13-7-3-2-4-8-13/h2-4,7-9,11,14-15,17-18H,5-6,10,12H2,1H3/t14-,15+,16-/m1/s1. The molecule has 0 amide bonds. The maximum atomic E-state index is 10.8. The number of hydrogen-bond donors (Lipinski definition) is 2. The molecule has 0 saturated heterocycles. The summed E-state index contributed by atoms with van der Waals surface area (Å²) in [5.74, 6) is -0.267. The first-order valence-electron chi connectivity index (χ1n) is 6.81. The van der Waals surface area contributed by atoms with E-state index in [0.29, 0.717) is 13.0 Å². The van der Waals surface area contributed by atoms with Crippen LogP contribution in [0.15, 0.2) is 42.5 Å². The molecule has 1 aliphatic rings. The van der Waals surface area contributed by atoms with Crippen LogP contribution in [-0.2, 0) is 4.74 Å². The molecule has 3 heteroatoms. The van der Waals surface area contributed by atoms with Gasteiger partial charge < -0.3 is 14.9 Å². The van der Waals surface area contributed by atoms with Crippen molar-refractivity contribution in [3.8, 4) is 0 Å². The predicted octanol–water partition coefficient (Wildman–Crippen LogP) is 2.25. The Morgan fingerprint density at radius 3 is 2.63 bits per heavy atom. The van der Waals surface area contributed by atoms with Crippen LogP contribution < -0.4 is 0 Å². The molecule has 19 heavy (non-hydrogen) atoms. The maximum Gasteiger partial charge on any atom is 0.0924 e. The molecule has 0 saturated carbocycles. The Bertz CT molecular complexity index is 415. The van der Waals surface area contributed by atoms with E-state index in [1.807, 2.05) is 30.3 Å². The summed E-state index contributed by atoms with van der Waals surface area (Å²) in [7, 11) is 1.68. The van der Waals surface area contributed by atoms with E-state index in [-0.39, 0.29) is 5.92 Å². The molecule has 1 aromatic carbocycles. The molecule has 0 aromatic heterocycles. The molecule has 1 aliphatic carbocycles.